The molecule has 0 saturated heterocycles. The van der Waals surface area contributed by atoms with Crippen LogP contribution in [-0.2, 0) is 14.4 Å². The van der Waals surface area contributed by atoms with Crippen LogP contribution in [0.1, 0.15) is 26.7 Å². The summed E-state index contributed by atoms with van der Waals surface area (Å²) in [6.07, 6.45) is -0.274. The van der Waals surface area contributed by atoms with Crippen LogP contribution in [0.25, 0.3) is 0 Å². The first kappa shape index (κ1) is 18.7. The van der Waals surface area contributed by atoms with E-state index in [1.165, 1.54) is 0 Å². The molecule has 4 amide bonds. The van der Waals surface area contributed by atoms with Crippen molar-refractivity contribution in [2.24, 2.45) is 11.7 Å². The van der Waals surface area contributed by atoms with E-state index < -0.39 is 23.9 Å². The molecule has 0 aliphatic rings. The molecule has 0 spiro atoms. The fourth-order valence-electron chi connectivity index (χ4n) is 1.29. The number of carbonyl (C=O) groups excluding carboxylic acids is 3. The molecular formula is C12H22N4O5. The number of amides is 4. The molecule has 120 valence electrons. The zero-order valence-electron chi connectivity index (χ0n) is 12.1. The maximum absolute atomic E-state index is 11.5. The second-order valence-corrected chi connectivity index (χ2v) is 4.92. The number of urea groups is 1. The van der Waals surface area contributed by atoms with Crippen LogP contribution in [-0.4, -0.2) is 48.1 Å². The number of carboxylic acids is 1. The van der Waals surface area contributed by atoms with Crippen molar-refractivity contribution in [1.82, 2.24) is 16.0 Å². The van der Waals surface area contributed by atoms with Crippen molar-refractivity contribution in [3.63, 3.8) is 0 Å². The Labute approximate surface area is 122 Å². The molecule has 0 aromatic rings. The molecule has 21 heavy (non-hydrogen) atoms. The van der Waals surface area contributed by atoms with E-state index >= 15 is 0 Å². The minimum atomic E-state index is -1.28. The van der Waals surface area contributed by atoms with Gasteiger partial charge in [-0.1, -0.05) is 13.8 Å². The zero-order chi connectivity index (χ0) is 16.4. The Morgan fingerprint density at radius 3 is 2.24 bits per heavy atom. The summed E-state index contributed by atoms with van der Waals surface area (Å²) in [5.41, 5.74) is 4.91. The maximum Gasteiger partial charge on any atom is 0.326 e. The molecule has 0 heterocycles. The molecule has 1 atom stereocenters. The summed E-state index contributed by atoms with van der Waals surface area (Å²) in [6.45, 7) is 4.08. The number of nitrogens with two attached hydrogens (primary N) is 1. The Kier molecular flexibility index (Phi) is 8.51. The van der Waals surface area contributed by atoms with E-state index in [-0.39, 0.29) is 31.2 Å². The molecule has 0 radical (unpaired) electrons. The van der Waals surface area contributed by atoms with E-state index in [2.05, 4.69) is 16.0 Å². The van der Waals surface area contributed by atoms with Gasteiger partial charge in [0.15, 0.2) is 0 Å². The van der Waals surface area contributed by atoms with Crippen molar-refractivity contribution in [2.45, 2.75) is 32.7 Å². The fraction of sp³-hybridized carbons (Fsp3) is 0.667. The highest BCUT2D eigenvalue weighted by Crippen LogP contribution is 1.97. The number of carboxylic acid groups (broad SMARTS) is 1. The van der Waals surface area contributed by atoms with Crippen LogP contribution < -0.4 is 21.7 Å². The van der Waals surface area contributed by atoms with Gasteiger partial charge in [-0.3, -0.25) is 9.59 Å². The molecule has 0 unspecified atom stereocenters. The van der Waals surface area contributed by atoms with Crippen molar-refractivity contribution in [3.8, 4) is 0 Å². The van der Waals surface area contributed by atoms with E-state index in [9.17, 15) is 19.2 Å². The van der Waals surface area contributed by atoms with E-state index in [4.69, 9.17) is 10.8 Å². The summed E-state index contributed by atoms with van der Waals surface area (Å²) in [5, 5.41) is 15.9. The van der Waals surface area contributed by atoms with Crippen molar-refractivity contribution in [3.05, 3.63) is 0 Å². The Balaban J connectivity index is 4.11. The molecule has 0 aliphatic heterocycles. The van der Waals surface area contributed by atoms with Gasteiger partial charge in [0.1, 0.15) is 6.04 Å². The second kappa shape index (κ2) is 9.56. The predicted molar refractivity (Wildman–Crippen MR) is 74.2 cm³/mol. The first-order chi connectivity index (χ1) is 9.72. The third kappa shape index (κ3) is 10.2. The van der Waals surface area contributed by atoms with Gasteiger partial charge >= 0.3 is 12.0 Å². The minimum absolute atomic E-state index is 0.113. The molecule has 0 rings (SSSR count). The Hall–Kier alpha value is -2.32. The summed E-state index contributed by atoms with van der Waals surface area (Å²) < 4.78 is 0. The first-order valence-corrected chi connectivity index (χ1v) is 6.54. The van der Waals surface area contributed by atoms with Gasteiger partial charge in [-0.15, -0.1) is 0 Å². The van der Waals surface area contributed by atoms with Crippen LogP contribution in [0, 0.1) is 5.92 Å². The van der Waals surface area contributed by atoms with Crippen LogP contribution in [0.15, 0.2) is 0 Å². The largest absolute Gasteiger partial charge is 0.480 e. The number of rotatable bonds is 9. The first-order valence-electron chi connectivity index (χ1n) is 6.54. The van der Waals surface area contributed by atoms with Crippen LogP contribution >= 0.6 is 0 Å². The molecule has 0 bridgehead atoms. The molecule has 9 heteroatoms. The topological polar surface area (TPSA) is 151 Å². The third-order valence-electron chi connectivity index (χ3n) is 2.40. The standard InChI is InChI=1S/C12H22N4O5/c1-7(2)5-14-10(18)6-15-12(21)16-8(11(19)20)3-4-9(13)17/h7-8H,3-6H2,1-2H3,(H2,13,17)(H,14,18)(H,19,20)(H2,15,16,21)/t8-/m1/s1. The van der Waals surface area contributed by atoms with Gasteiger partial charge in [-0.2, -0.15) is 0 Å². The van der Waals surface area contributed by atoms with Crippen LogP contribution in [0.2, 0.25) is 0 Å². The van der Waals surface area contributed by atoms with Crippen molar-refractivity contribution >= 4 is 23.8 Å². The quantitative estimate of drug-likeness (QED) is 0.361. The summed E-state index contributed by atoms with van der Waals surface area (Å²) >= 11 is 0. The van der Waals surface area contributed by atoms with Gasteiger partial charge in [-0.25, -0.2) is 9.59 Å². The van der Waals surface area contributed by atoms with E-state index in [0.717, 1.165) is 0 Å². The third-order valence-corrected chi connectivity index (χ3v) is 2.40. The van der Waals surface area contributed by atoms with E-state index in [1.54, 1.807) is 0 Å². The van der Waals surface area contributed by atoms with E-state index in [0.29, 0.717) is 6.54 Å². The number of aliphatic carboxylic acids is 1. The monoisotopic (exact) mass is 302 g/mol. The number of hydrogen-bond donors (Lipinski definition) is 5. The molecule has 0 aliphatic carbocycles. The average molecular weight is 302 g/mol. The molecule has 0 aromatic carbocycles. The SMILES string of the molecule is CC(C)CNC(=O)CNC(=O)N[C@H](CCC(N)=O)C(=O)O. The van der Waals surface area contributed by atoms with Gasteiger partial charge in [0.05, 0.1) is 6.54 Å². The van der Waals surface area contributed by atoms with Crippen molar-refractivity contribution in [2.75, 3.05) is 13.1 Å². The molecule has 6 N–H and O–H groups in total. The highest BCUT2D eigenvalue weighted by molar-refractivity contribution is 5.86. The highest BCUT2D eigenvalue weighted by atomic mass is 16.4. The van der Waals surface area contributed by atoms with Gasteiger partial charge in [0, 0.05) is 13.0 Å². The summed E-state index contributed by atoms with van der Waals surface area (Å²) in [6, 6.07) is -2.04. The van der Waals surface area contributed by atoms with Gasteiger partial charge in [-0.05, 0) is 12.3 Å². The molecule has 9 nitrogen and oxygen atoms in total. The van der Waals surface area contributed by atoms with Crippen molar-refractivity contribution in [1.29, 1.82) is 0 Å². The lowest BCUT2D eigenvalue weighted by Crippen LogP contribution is -2.48. The Morgan fingerprint density at radius 1 is 1.14 bits per heavy atom. The summed E-state index contributed by atoms with van der Waals surface area (Å²) in [4.78, 5) is 44.3. The van der Waals surface area contributed by atoms with Crippen LogP contribution in [0.3, 0.4) is 0 Å². The number of nitrogens with one attached hydrogen (secondary N) is 3. The van der Waals surface area contributed by atoms with Crippen LogP contribution in [0.5, 0.6) is 0 Å². The van der Waals surface area contributed by atoms with Gasteiger partial charge in [0.2, 0.25) is 11.8 Å². The zero-order valence-corrected chi connectivity index (χ0v) is 12.1. The fourth-order valence-corrected chi connectivity index (χ4v) is 1.29. The molecular weight excluding hydrogens is 280 g/mol. The molecule has 0 saturated carbocycles. The Bertz CT molecular complexity index is 397. The smallest absolute Gasteiger partial charge is 0.326 e. The summed E-state index contributed by atoms with van der Waals surface area (Å²) in [5.74, 6) is -2.02. The highest BCUT2D eigenvalue weighted by Gasteiger charge is 2.20. The molecule has 0 aromatic heterocycles. The average Bonchev–Trinajstić information content (AvgIpc) is 2.38. The number of hydrogen-bond acceptors (Lipinski definition) is 4. The maximum atomic E-state index is 11.5. The normalized spacial score (nSPS) is 11.6. The van der Waals surface area contributed by atoms with E-state index in [1.807, 2.05) is 13.8 Å². The van der Waals surface area contributed by atoms with Crippen molar-refractivity contribution < 1.29 is 24.3 Å². The lowest BCUT2D eigenvalue weighted by atomic mass is 10.1. The van der Waals surface area contributed by atoms with Gasteiger partial charge in [0.25, 0.3) is 0 Å². The number of carbonyl (C=O) groups is 4. The lowest BCUT2D eigenvalue weighted by Gasteiger charge is -2.14. The minimum Gasteiger partial charge on any atom is -0.480 e. The van der Waals surface area contributed by atoms with Gasteiger partial charge < -0.3 is 26.8 Å². The van der Waals surface area contributed by atoms with Crippen LogP contribution in [0.4, 0.5) is 4.79 Å². The molecule has 0 fully saturated rings. The lowest BCUT2D eigenvalue weighted by molar-refractivity contribution is -0.139. The number of primary amides is 1. The predicted octanol–water partition coefficient (Wildman–Crippen LogP) is -1.22. The summed E-state index contributed by atoms with van der Waals surface area (Å²) in [7, 11) is 0. The second-order valence-electron chi connectivity index (χ2n) is 4.92. The Morgan fingerprint density at radius 2 is 1.76 bits per heavy atom.